The standard InChI is InChI=1S/C19H18ClF3N4S.C4H4O4.H2/c20-16-9-15-17(24-11-25-18(15)28-16)26-14-4-6-27(7-5-14)10-12-2-1-3-13(8-12)19(21,22)23;5-3(6)1-2-4(7)8;/h1-3,8-9,11,14H,4-7,10H2,(H,24,25,26);1-2H,(H,5,6)(H,7,8);1H/b;2-1-;. The van der Waals surface area contributed by atoms with Crippen LogP contribution in [0.15, 0.2) is 48.8 Å². The molecule has 0 saturated carbocycles. The fourth-order valence-corrected chi connectivity index (χ4v) is 4.67. The van der Waals surface area contributed by atoms with E-state index in [1.54, 1.807) is 6.07 Å². The molecule has 3 N–H and O–H groups in total. The van der Waals surface area contributed by atoms with Crippen molar-refractivity contribution in [3.05, 3.63) is 64.3 Å². The number of alkyl halides is 3. The van der Waals surface area contributed by atoms with Gasteiger partial charge in [-0.1, -0.05) is 29.8 Å². The first-order valence-corrected chi connectivity index (χ1v) is 11.9. The van der Waals surface area contributed by atoms with Crippen molar-refractivity contribution in [3.63, 3.8) is 0 Å². The molecule has 0 aliphatic carbocycles. The van der Waals surface area contributed by atoms with E-state index in [4.69, 9.17) is 21.8 Å². The van der Waals surface area contributed by atoms with Crippen LogP contribution >= 0.6 is 22.9 Å². The number of nitrogens with zero attached hydrogens (tertiary/aromatic N) is 3. The van der Waals surface area contributed by atoms with Crippen molar-refractivity contribution >= 4 is 50.9 Å². The summed E-state index contributed by atoms with van der Waals surface area (Å²) in [5.74, 6) is -1.73. The number of carboxylic acids is 2. The van der Waals surface area contributed by atoms with Crippen LogP contribution in [0.1, 0.15) is 25.4 Å². The number of anilines is 1. The van der Waals surface area contributed by atoms with E-state index in [1.807, 2.05) is 6.07 Å². The van der Waals surface area contributed by atoms with Crippen molar-refractivity contribution in [2.45, 2.75) is 31.6 Å². The van der Waals surface area contributed by atoms with Gasteiger partial charge in [-0.25, -0.2) is 19.6 Å². The monoisotopic (exact) mass is 544 g/mol. The summed E-state index contributed by atoms with van der Waals surface area (Å²) in [6.07, 6.45) is 0.121. The van der Waals surface area contributed by atoms with Gasteiger partial charge in [0.2, 0.25) is 0 Å². The lowest BCUT2D eigenvalue weighted by molar-refractivity contribution is -0.137. The van der Waals surface area contributed by atoms with E-state index in [0.717, 1.165) is 48.0 Å². The number of hydrogen-bond donors (Lipinski definition) is 3. The van der Waals surface area contributed by atoms with Gasteiger partial charge in [0, 0.05) is 39.3 Å². The summed E-state index contributed by atoms with van der Waals surface area (Å²) in [7, 11) is 0. The topological polar surface area (TPSA) is 116 Å². The molecule has 3 aromatic rings. The maximum absolute atomic E-state index is 12.9. The minimum atomic E-state index is -4.31. The third-order valence-electron chi connectivity index (χ3n) is 5.26. The summed E-state index contributed by atoms with van der Waals surface area (Å²) in [6.45, 7) is 2.15. The number of aliphatic carboxylic acids is 2. The molecule has 0 atom stereocenters. The van der Waals surface area contributed by atoms with E-state index in [1.165, 1.54) is 29.8 Å². The average molecular weight is 545 g/mol. The summed E-state index contributed by atoms with van der Waals surface area (Å²) >= 11 is 7.50. The van der Waals surface area contributed by atoms with Gasteiger partial charge in [-0.15, -0.1) is 11.3 Å². The smallest absolute Gasteiger partial charge is 0.416 e. The van der Waals surface area contributed by atoms with Gasteiger partial charge >= 0.3 is 18.1 Å². The minimum absolute atomic E-state index is 0. The second-order valence-corrected chi connectivity index (χ2v) is 9.56. The highest BCUT2D eigenvalue weighted by Gasteiger charge is 2.30. The van der Waals surface area contributed by atoms with Crippen LogP contribution in [0, 0.1) is 0 Å². The van der Waals surface area contributed by atoms with Crippen LogP contribution in [0.3, 0.4) is 0 Å². The Kier molecular flexibility index (Phi) is 9.24. The number of aromatic nitrogens is 2. The summed E-state index contributed by atoms with van der Waals surface area (Å²) in [5, 5.41) is 20.0. The Bertz CT molecular complexity index is 1230. The molecule has 0 radical (unpaired) electrons. The van der Waals surface area contributed by atoms with E-state index in [9.17, 15) is 22.8 Å². The van der Waals surface area contributed by atoms with E-state index < -0.39 is 23.7 Å². The molecule has 1 saturated heterocycles. The SMILES string of the molecule is FC(F)(F)c1cccc(CN2CCC(Nc3ncnc4sc(Cl)cc34)CC2)c1.O=C(O)/C=C\C(=O)O.[HH]. The Morgan fingerprint density at radius 3 is 2.44 bits per heavy atom. The first kappa shape index (κ1) is 27.4. The molecule has 0 spiro atoms. The predicted octanol–water partition coefficient (Wildman–Crippen LogP) is 5.40. The Morgan fingerprint density at radius 1 is 1.17 bits per heavy atom. The number of halogens is 4. The average Bonchev–Trinajstić information content (AvgIpc) is 3.20. The van der Waals surface area contributed by atoms with Crippen molar-refractivity contribution in [2.75, 3.05) is 18.4 Å². The van der Waals surface area contributed by atoms with Crippen LogP contribution in [-0.4, -0.2) is 56.2 Å². The highest BCUT2D eigenvalue weighted by atomic mass is 35.5. The van der Waals surface area contributed by atoms with Gasteiger partial charge in [0.25, 0.3) is 0 Å². The molecule has 1 aliphatic rings. The van der Waals surface area contributed by atoms with Gasteiger partial charge in [0.05, 0.1) is 15.3 Å². The van der Waals surface area contributed by atoms with E-state index in [2.05, 4.69) is 20.2 Å². The molecular formula is C23H24ClF3N4O4S. The van der Waals surface area contributed by atoms with E-state index >= 15 is 0 Å². The number of thiophene rings is 1. The molecule has 194 valence electrons. The molecular weight excluding hydrogens is 521 g/mol. The largest absolute Gasteiger partial charge is 0.478 e. The molecule has 0 unspecified atom stereocenters. The summed E-state index contributed by atoms with van der Waals surface area (Å²) in [6, 6.07) is 7.69. The van der Waals surface area contributed by atoms with Crippen molar-refractivity contribution < 1.29 is 34.4 Å². The second kappa shape index (κ2) is 12.2. The van der Waals surface area contributed by atoms with Crippen LogP contribution in [-0.2, 0) is 22.3 Å². The molecule has 4 rings (SSSR count). The Morgan fingerprint density at radius 2 is 1.83 bits per heavy atom. The van der Waals surface area contributed by atoms with Gasteiger partial charge in [0.15, 0.2) is 0 Å². The number of hydrogen-bond acceptors (Lipinski definition) is 7. The number of nitrogens with one attached hydrogen (secondary N) is 1. The Hall–Kier alpha value is -3.22. The summed E-state index contributed by atoms with van der Waals surface area (Å²) in [4.78, 5) is 30.7. The number of carboxylic acid groups (broad SMARTS) is 2. The van der Waals surface area contributed by atoms with Crippen LogP contribution in [0.5, 0.6) is 0 Å². The van der Waals surface area contributed by atoms with Crippen LogP contribution in [0.25, 0.3) is 10.2 Å². The lowest BCUT2D eigenvalue weighted by atomic mass is 10.0. The first-order chi connectivity index (χ1) is 17.0. The molecule has 0 bridgehead atoms. The third kappa shape index (κ3) is 8.18. The number of likely N-dealkylation sites (tertiary alicyclic amines) is 1. The number of benzene rings is 1. The van der Waals surface area contributed by atoms with Crippen molar-refractivity contribution in [2.24, 2.45) is 0 Å². The third-order valence-corrected chi connectivity index (χ3v) is 6.43. The molecule has 13 heteroatoms. The van der Waals surface area contributed by atoms with E-state index in [-0.39, 0.29) is 7.47 Å². The number of carbonyl (C=O) groups is 2. The molecule has 1 aliphatic heterocycles. The van der Waals surface area contributed by atoms with Crippen LogP contribution in [0.2, 0.25) is 4.34 Å². The predicted molar refractivity (Wildman–Crippen MR) is 132 cm³/mol. The minimum Gasteiger partial charge on any atom is -0.478 e. The summed E-state index contributed by atoms with van der Waals surface area (Å²) in [5.41, 5.74) is 0.0930. The molecule has 3 heterocycles. The Balaban J connectivity index is 0.000000467. The van der Waals surface area contributed by atoms with Crippen LogP contribution in [0.4, 0.5) is 19.0 Å². The second-order valence-electron chi connectivity index (χ2n) is 7.89. The molecule has 1 fully saturated rings. The van der Waals surface area contributed by atoms with Crippen LogP contribution < -0.4 is 5.32 Å². The highest BCUT2D eigenvalue weighted by Crippen LogP contribution is 2.32. The zero-order valence-corrected chi connectivity index (χ0v) is 20.3. The molecule has 2 aromatic heterocycles. The van der Waals surface area contributed by atoms with Gasteiger partial charge in [-0.05, 0) is 30.5 Å². The van der Waals surface area contributed by atoms with Crippen molar-refractivity contribution in [1.29, 1.82) is 0 Å². The highest BCUT2D eigenvalue weighted by molar-refractivity contribution is 7.22. The molecule has 1 aromatic carbocycles. The van der Waals surface area contributed by atoms with E-state index in [0.29, 0.717) is 28.6 Å². The maximum Gasteiger partial charge on any atom is 0.416 e. The first-order valence-electron chi connectivity index (χ1n) is 10.7. The normalized spacial score (nSPS) is 15.0. The van der Waals surface area contributed by atoms with Gasteiger partial charge < -0.3 is 15.5 Å². The summed E-state index contributed by atoms with van der Waals surface area (Å²) < 4.78 is 39.3. The van der Waals surface area contributed by atoms with Crippen molar-refractivity contribution in [1.82, 2.24) is 14.9 Å². The zero-order chi connectivity index (χ0) is 26.3. The number of piperidine rings is 1. The van der Waals surface area contributed by atoms with Gasteiger partial charge in [-0.3, -0.25) is 4.90 Å². The maximum atomic E-state index is 12.9. The molecule has 36 heavy (non-hydrogen) atoms. The molecule has 8 nitrogen and oxygen atoms in total. The lowest BCUT2D eigenvalue weighted by Gasteiger charge is -2.32. The quantitative estimate of drug-likeness (QED) is 0.353. The molecule has 0 amide bonds. The van der Waals surface area contributed by atoms with Gasteiger partial charge in [-0.2, -0.15) is 13.2 Å². The zero-order valence-electron chi connectivity index (χ0n) is 18.7. The van der Waals surface area contributed by atoms with Crippen molar-refractivity contribution in [3.8, 4) is 0 Å². The number of fused-ring (bicyclic) bond motifs is 1. The lowest BCUT2D eigenvalue weighted by Crippen LogP contribution is -2.38. The Labute approximate surface area is 214 Å². The van der Waals surface area contributed by atoms with Gasteiger partial charge in [0.1, 0.15) is 17.0 Å². The number of rotatable bonds is 6. The fourth-order valence-electron chi connectivity index (χ4n) is 3.62. The fraction of sp³-hybridized carbons (Fsp3) is 0.304.